The number of hydrogen-bond donors (Lipinski definition) is 2. The number of nitrogens with two attached hydrogens (primary N) is 1. The van der Waals surface area contributed by atoms with Gasteiger partial charge in [-0.2, -0.15) is 5.10 Å². The van der Waals surface area contributed by atoms with Crippen molar-refractivity contribution in [1.29, 1.82) is 0 Å². The van der Waals surface area contributed by atoms with Gasteiger partial charge in [-0.15, -0.1) is 0 Å². The molecular weight excluding hydrogens is 460 g/mol. The zero-order chi connectivity index (χ0) is 24.4. The van der Waals surface area contributed by atoms with Crippen LogP contribution in [0.3, 0.4) is 0 Å². The molecule has 0 bridgehead atoms. The molecule has 5 aromatic rings. The first-order chi connectivity index (χ1) is 17.1. The average Bonchev–Trinajstić information content (AvgIpc) is 3.45. The van der Waals surface area contributed by atoms with Gasteiger partial charge in [-0.1, -0.05) is 18.2 Å². The number of nitrogens with zero attached hydrogens (tertiary/aromatic N) is 4. The Bertz CT molecular complexity index is 1480. The van der Waals surface area contributed by atoms with E-state index in [1.165, 1.54) is 0 Å². The average molecular weight is 489 g/mol. The van der Waals surface area contributed by atoms with Crippen LogP contribution in [0.2, 0.25) is 0 Å². The number of H-pyrrole nitrogens is 1. The molecule has 36 heavy (non-hydrogen) atoms. The number of ether oxygens (including phenoxy) is 3. The summed E-state index contributed by atoms with van der Waals surface area (Å²) in [7, 11) is 3.27. The van der Waals surface area contributed by atoms with Gasteiger partial charge in [0.15, 0.2) is 17.1 Å². The highest BCUT2D eigenvalue weighted by Gasteiger charge is 2.14. The van der Waals surface area contributed by atoms with Crippen molar-refractivity contribution in [2.45, 2.75) is 20.1 Å². The lowest BCUT2D eigenvalue weighted by molar-refractivity contribution is 0.284. The number of aromatic nitrogens is 5. The largest absolute Gasteiger partial charge is 0.497 e. The Morgan fingerprint density at radius 1 is 0.972 bits per heavy atom. The molecular formula is C26H28N6O4. The number of fused-ring (bicyclic) bond motifs is 1. The van der Waals surface area contributed by atoms with Crippen LogP contribution in [-0.4, -0.2) is 44.4 Å². The van der Waals surface area contributed by atoms with Gasteiger partial charge in [0.25, 0.3) is 0 Å². The predicted molar refractivity (Wildman–Crippen MR) is 137 cm³/mol. The normalized spacial score (nSPS) is 10.8. The van der Waals surface area contributed by atoms with E-state index in [-0.39, 0.29) is 5.48 Å². The number of methoxy groups -OCH3 is 2. The molecule has 0 saturated heterocycles. The minimum Gasteiger partial charge on any atom is -0.497 e. The molecule has 3 aromatic heterocycles. The lowest BCUT2D eigenvalue weighted by atomic mass is 10.1. The lowest BCUT2D eigenvalue weighted by Gasteiger charge is -2.13. The number of nitrogens with one attached hydrogen (secondary N) is 1. The number of hydrogen-bond acceptors (Lipinski definition) is 7. The second-order valence-corrected chi connectivity index (χ2v) is 8.13. The number of anilines is 1. The van der Waals surface area contributed by atoms with E-state index in [1.54, 1.807) is 14.2 Å². The smallest absolute Gasteiger partial charge is 0.202 e. The maximum atomic E-state index is 6.26. The number of aryl methyl sites for hydroxylation is 1. The number of nitrogen functional groups attached to an aromatic ring is 1. The van der Waals surface area contributed by atoms with Gasteiger partial charge in [-0.25, -0.2) is 9.97 Å². The van der Waals surface area contributed by atoms with Crippen LogP contribution in [0.25, 0.3) is 22.3 Å². The molecule has 10 heteroatoms. The van der Waals surface area contributed by atoms with E-state index in [0.29, 0.717) is 36.2 Å². The summed E-state index contributed by atoms with van der Waals surface area (Å²) in [5, 5.41) is 7.06. The van der Waals surface area contributed by atoms with Gasteiger partial charge in [-0.05, 0) is 48.4 Å². The summed E-state index contributed by atoms with van der Waals surface area (Å²) in [5.74, 6) is 2.51. The van der Waals surface area contributed by atoms with Gasteiger partial charge in [0, 0.05) is 23.5 Å². The molecule has 0 aliphatic carbocycles. The molecule has 0 unspecified atom stereocenters. The maximum Gasteiger partial charge on any atom is 0.202 e. The van der Waals surface area contributed by atoms with Crippen molar-refractivity contribution in [2.24, 2.45) is 0 Å². The molecule has 0 spiro atoms. The zero-order valence-corrected chi connectivity index (χ0v) is 20.3. The summed E-state index contributed by atoms with van der Waals surface area (Å²) in [6.07, 6.45) is 3.66. The second kappa shape index (κ2) is 10.4. The molecule has 0 aliphatic heterocycles. The van der Waals surface area contributed by atoms with Crippen LogP contribution >= 0.6 is 0 Å². The Hall–Kier alpha value is -4.57. The van der Waals surface area contributed by atoms with Gasteiger partial charge in [0.1, 0.15) is 17.9 Å². The monoisotopic (exact) mass is 488 g/mol. The van der Waals surface area contributed by atoms with Crippen molar-refractivity contribution < 1.29 is 19.7 Å². The predicted octanol–water partition coefficient (Wildman–Crippen LogP) is 3.53. The quantitative estimate of drug-likeness (QED) is 0.340. The Balaban J connectivity index is 0.00000304. The summed E-state index contributed by atoms with van der Waals surface area (Å²) in [5.41, 5.74) is 12.6. The Kier molecular flexibility index (Phi) is 7.07. The lowest BCUT2D eigenvalue weighted by Crippen LogP contribution is -2.06. The molecule has 2 aromatic carbocycles. The third-order valence-corrected chi connectivity index (χ3v) is 5.88. The summed E-state index contributed by atoms with van der Waals surface area (Å²) in [4.78, 5) is 9.17. The van der Waals surface area contributed by atoms with E-state index in [1.807, 2.05) is 72.4 Å². The number of pyridine rings is 1. The van der Waals surface area contributed by atoms with Gasteiger partial charge in [0.05, 0.1) is 26.5 Å². The summed E-state index contributed by atoms with van der Waals surface area (Å²) < 4.78 is 18.7. The summed E-state index contributed by atoms with van der Waals surface area (Å²) >= 11 is 0. The van der Waals surface area contributed by atoms with Crippen molar-refractivity contribution in [3.05, 3.63) is 77.7 Å². The minimum atomic E-state index is 0. The first kappa shape index (κ1) is 24.6. The summed E-state index contributed by atoms with van der Waals surface area (Å²) in [6, 6.07) is 15.6. The van der Waals surface area contributed by atoms with E-state index in [4.69, 9.17) is 19.9 Å². The second-order valence-electron chi connectivity index (χ2n) is 8.13. The number of benzene rings is 2. The van der Waals surface area contributed by atoms with Crippen molar-refractivity contribution in [1.82, 2.24) is 24.7 Å². The third-order valence-electron chi connectivity index (χ3n) is 5.88. The van der Waals surface area contributed by atoms with Crippen LogP contribution < -0.4 is 19.9 Å². The van der Waals surface area contributed by atoms with Crippen molar-refractivity contribution in [3.63, 3.8) is 0 Å². The molecule has 10 nitrogen and oxygen atoms in total. The molecule has 0 saturated carbocycles. The first-order valence-electron chi connectivity index (χ1n) is 11.1. The minimum absolute atomic E-state index is 0. The van der Waals surface area contributed by atoms with Gasteiger partial charge < -0.3 is 25.4 Å². The standard InChI is InChI=1S/C26H26N6O3.H2O/c1-16-21(13-29-31-16)19-11-22-25(28-12-19)32(26(27)30-22)14-18-6-9-23(24(10-18)34-3)35-15-17-4-7-20(33-2)8-5-17;/h4-13H,14-15H2,1-3H3,(H2,27,30)(H,29,31);1H2. The topological polar surface area (TPSA) is 145 Å². The fourth-order valence-corrected chi connectivity index (χ4v) is 3.98. The number of aromatic amines is 1. The Morgan fingerprint density at radius 2 is 1.75 bits per heavy atom. The number of rotatable bonds is 8. The molecule has 0 atom stereocenters. The SMILES string of the molecule is COc1ccc(COc2ccc(Cn3c(N)nc4cc(-c5c[nH]nc5C)cnc43)cc2OC)cc1.O. The molecule has 5 N–H and O–H groups in total. The first-order valence-corrected chi connectivity index (χ1v) is 11.1. The van der Waals surface area contributed by atoms with E-state index in [9.17, 15) is 0 Å². The molecule has 186 valence electrons. The van der Waals surface area contributed by atoms with Crippen LogP contribution in [0.5, 0.6) is 17.2 Å². The van der Waals surface area contributed by atoms with Crippen LogP contribution in [0, 0.1) is 6.92 Å². The van der Waals surface area contributed by atoms with Gasteiger partial charge in [0.2, 0.25) is 5.95 Å². The Labute approximate surface area is 208 Å². The molecule has 0 fully saturated rings. The number of imidazole rings is 1. The van der Waals surface area contributed by atoms with Gasteiger partial charge >= 0.3 is 0 Å². The fraction of sp³-hybridized carbons (Fsp3) is 0.192. The molecule has 3 heterocycles. The molecule has 0 radical (unpaired) electrons. The van der Waals surface area contributed by atoms with Crippen molar-refractivity contribution in [2.75, 3.05) is 20.0 Å². The van der Waals surface area contributed by atoms with Gasteiger partial charge in [-0.3, -0.25) is 9.67 Å². The molecule has 5 rings (SSSR count). The Morgan fingerprint density at radius 3 is 2.44 bits per heavy atom. The highest BCUT2D eigenvalue weighted by atomic mass is 16.5. The highest BCUT2D eigenvalue weighted by Crippen LogP contribution is 2.31. The van der Waals surface area contributed by atoms with E-state index in [2.05, 4.69) is 20.2 Å². The van der Waals surface area contributed by atoms with E-state index >= 15 is 0 Å². The van der Waals surface area contributed by atoms with E-state index in [0.717, 1.165) is 39.2 Å². The van der Waals surface area contributed by atoms with Crippen LogP contribution in [0.1, 0.15) is 16.8 Å². The highest BCUT2D eigenvalue weighted by molar-refractivity contribution is 5.80. The van der Waals surface area contributed by atoms with Crippen LogP contribution in [0.4, 0.5) is 5.95 Å². The molecule has 0 aliphatic rings. The fourth-order valence-electron chi connectivity index (χ4n) is 3.98. The van der Waals surface area contributed by atoms with E-state index < -0.39 is 0 Å². The van der Waals surface area contributed by atoms with Crippen molar-refractivity contribution >= 4 is 17.1 Å². The zero-order valence-electron chi connectivity index (χ0n) is 20.3. The maximum absolute atomic E-state index is 6.26. The van der Waals surface area contributed by atoms with Crippen LogP contribution in [-0.2, 0) is 13.2 Å². The summed E-state index contributed by atoms with van der Waals surface area (Å²) in [6.45, 7) is 2.86. The third kappa shape index (κ3) is 4.80. The molecule has 0 amide bonds. The van der Waals surface area contributed by atoms with Crippen LogP contribution in [0.15, 0.2) is 60.9 Å². The van der Waals surface area contributed by atoms with Crippen molar-refractivity contribution in [3.8, 4) is 28.4 Å².